The molecular weight excluding hydrogens is 406 g/mol. The average molecular weight is 419 g/mol. The van der Waals surface area contributed by atoms with Gasteiger partial charge in [0, 0.05) is 20.6 Å². The second kappa shape index (κ2) is 7.68. The quantitative estimate of drug-likeness (QED) is 0.389. The van der Waals surface area contributed by atoms with E-state index in [-0.39, 0.29) is 11.6 Å². The fourth-order valence-electron chi connectivity index (χ4n) is 2.18. The van der Waals surface area contributed by atoms with Gasteiger partial charge in [-0.25, -0.2) is 9.79 Å². The molecule has 0 N–H and O–H groups in total. The van der Waals surface area contributed by atoms with Crippen LogP contribution in [-0.4, -0.2) is 18.5 Å². The minimum atomic E-state index is -0.514. The van der Waals surface area contributed by atoms with Gasteiger partial charge in [-0.1, -0.05) is 40.2 Å². The Morgan fingerprint density at radius 2 is 2.00 bits per heavy atom. The summed E-state index contributed by atoms with van der Waals surface area (Å²) in [4.78, 5) is 16.4. The van der Waals surface area contributed by atoms with E-state index in [4.69, 9.17) is 21.1 Å². The standard InChI is InChI=1S/C19H13BrClNO3/c1-2-9-24-17-8-5-14(20)10-13(17)11-16-19(23)25-18(22-16)12-3-6-15(21)7-4-12/h2-8,10-11H,1,9H2. The Morgan fingerprint density at radius 3 is 2.72 bits per heavy atom. The van der Waals surface area contributed by atoms with Gasteiger partial charge < -0.3 is 9.47 Å². The molecule has 2 aromatic rings. The van der Waals surface area contributed by atoms with E-state index in [9.17, 15) is 4.79 Å². The molecule has 0 spiro atoms. The summed E-state index contributed by atoms with van der Waals surface area (Å²) in [6, 6.07) is 12.4. The fourth-order valence-corrected chi connectivity index (χ4v) is 2.69. The number of esters is 1. The fraction of sp³-hybridized carbons (Fsp3) is 0.0526. The summed E-state index contributed by atoms with van der Waals surface area (Å²) in [7, 11) is 0. The molecule has 0 fully saturated rings. The first-order valence-corrected chi connectivity index (χ1v) is 8.55. The lowest BCUT2D eigenvalue weighted by Crippen LogP contribution is -2.05. The lowest BCUT2D eigenvalue weighted by atomic mass is 10.1. The normalized spacial score (nSPS) is 15.0. The molecule has 6 heteroatoms. The maximum atomic E-state index is 12.1. The monoisotopic (exact) mass is 417 g/mol. The molecule has 0 bridgehead atoms. The number of hydrogen-bond donors (Lipinski definition) is 0. The van der Waals surface area contributed by atoms with Gasteiger partial charge in [-0.3, -0.25) is 0 Å². The van der Waals surface area contributed by atoms with Crippen LogP contribution in [0.4, 0.5) is 0 Å². The third-order valence-corrected chi connectivity index (χ3v) is 4.08. The van der Waals surface area contributed by atoms with Gasteiger partial charge in [-0.15, -0.1) is 0 Å². The van der Waals surface area contributed by atoms with Crippen molar-refractivity contribution in [2.45, 2.75) is 0 Å². The summed E-state index contributed by atoms with van der Waals surface area (Å²) in [5.74, 6) is 0.356. The third kappa shape index (κ3) is 4.18. The lowest BCUT2D eigenvalue weighted by Gasteiger charge is -2.07. The van der Waals surface area contributed by atoms with Gasteiger partial charge in [0.1, 0.15) is 12.4 Å². The largest absolute Gasteiger partial charge is 0.489 e. The van der Waals surface area contributed by atoms with Crippen molar-refractivity contribution in [2.24, 2.45) is 4.99 Å². The number of nitrogens with zero attached hydrogens (tertiary/aromatic N) is 1. The smallest absolute Gasteiger partial charge is 0.363 e. The predicted molar refractivity (Wildman–Crippen MR) is 102 cm³/mol. The second-order valence-corrected chi connectivity index (χ2v) is 6.48. The molecule has 4 nitrogen and oxygen atoms in total. The van der Waals surface area contributed by atoms with Crippen molar-refractivity contribution in [3.8, 4) is 5.75 Å². The molecule has 0 saturated carbocycles. The van der Waals surface area contributed by atoms with Crippen LogP contribution in [-0.2, 0) is 9.53 Å². The maximum Gasteiger partial charge on any atom is 0.363 e. The summed E-state index contributed by atoms with van der Waals surface area (Å²) >= 11 is 9.29. The number of benzene rings is 2. The van der Waals surface area contributed by atoms with E-state index in [1.54, 1.807) is 36.4 Å². The molecule has 2 aromatic carbocycles. The molecule has 126 valence electrons. The Kier molecular flexibility index (Phi) is 5.36. The number of ether oxygens (including phenoxy) is 2. The highest BCUT2D eigenvalue weighted by Gasteiger charge is 2.24. The SMILES string of the molecule is C=CCOc1ccc(Br)cc1C=C1N=C(c2ccc(Cl)cc2)OC1=O. The van der Waals surface area contributed by atoms with Gasteiger partial charge >= 0.3 is 5.97 Å². The zero-order chi connectivity index (χ0) is 17.8. The van der Waals surface area contributed by atoms with E-state index in [1.807, 2.05) is 18.2 Å². The average Bonchev–Trinajstić information content (AvgIpc) is 2.95. The Morgan fingerprint density at radius 1 is 1.24 bits per heavy atom. The van der Waals surface area contributed by atoms with E-state index in [0.29, 0.717) is 28.5 Å². The molecular formula is C19H13BrClNO3. The zero-order valence-corrected chi connectivity index (χ0v) is 15.4. The predicted octanol–water partition coefficient (Wildman–Crippen LogP) is 5.01. The van der Waals surface area contributed by atoms with E-state index in [1.165, 1.54) is 0 Å². The first-order chi connectivity index (χ1) is 12.1. The molecule has 3 rings (SSSR count). The Hall–Kier alpha value is -2.37. The van der Waals surface area contributed by atoms with Crippen molar-refractivity contribution in [1.82, 2.24) is 0 Å². The van der Waals surface area contributed by atoms with Crippen molar-refractivity contribution in [1.29, 1.82) is 0 Å². The molecule has 1 heterocycles. The minimum Gasteiger partial charge on any atom is -0.489 e. The lowest BCUT2D eigenvalue weighted by molar-refractivity contribution is -0.129. The van der Waals surface area contributed by atoms with Gasteiger partial charge in [0.25, 0.3) is 0 Å². The van der Waals surface area contributed by atoms with Crippen LogP contribution in [0.15, 0.2) is 70.3 Å². The van der Waals surface area contributed by atoms with Crippen molar-refractivity contribution in [2.75, 3.05) is 6.61 Å². The molecule has 1 aliphatic heterocycles. The number of halogens is 2. The van der Waals surface area contributed by atoms with Crippen LogP contribution < -0.4 is 4.74 Å². The number of carbonyl (C=O) groups excluding carboxylic acids is 1. The molecule has 0 radical (unpaired) electrons. The first-order valence-electron chi connectivity index (χ1n) is 7.38. The third-order valence-electron chi connectivity index (χ3n) is 3.33. The molecule has 0 unspecified atom stereocenters. The van der Waals surface area contributed by atoms with E-state index in [0.717, 1.165) is 4.47 Å². The maximum absolute atomic E-state index is 12.1. The van der Waals surface area contributed by atoms with Gasteiger partial charge in [-0.05, 0) is 48.5 Å². The summed E-state index contributed by atoms with van der Waals surface area (Å²) in [5, 5.41) is 0.600. The first kappa shape index (κ1) is 17.5. The van der Waals surface area contributed by atoms with Crippen molar-refractivity contribution < 1.29 is 14.3 Å². The van der Waals surface area contributed by atoms with Gasteiger partial charge in [-0.2, -0.15) is 0 Å². The molecule has 1 aliphatic rings. The Bertz CT molecular complexity index is 888. The van der Waals surface area contributed by atoms with Gasteiger partial charge in [0.2, 0.25) is 5.90 Å². The van der Waals surface area contributed by atoms with Crippen LogP contribution in [0.1, 0.15) is 11.1 Å². The summed E-state index contributed by atoms with van der Waals surface area (Å²) in [5.41, 5.74) is 1.59. The van der Waals surface area contributed by atoms with Crippen LogP contribution in [0, 0.1) is 0 Å². The van der Waals surface area contributed by atoms with Gasteiger partial charge in [0.05, 0.1) is 0 Å². The topological polar surface area (TPSA) is 47.9 Å². The van der Waals surface area contributed by atoms with Crippen LogP contribution in [0.25, 0.3) is 6.08 Å². The number of aliphatic imine (C=N–C) groups is 1. The highest BCUT2D eigenvalue weighted by molar-refractivity contribution is 9.10. The van der Waals surface area contributed by atoms with Crippen LogP contribution in [0.5, 0.6) is 5.75 Å². The van der Waals surface area contributed by atoms with Crippen molar-refractivity contribution in [3.63, 3.8) is 0 Å². The Labute approximate surface area is 158 Å². The van der Waals surface area contributed by atoms with E-state index < -0.39 is 5.97 Å². The summed E-state index contributed by atoms with van der Waals surface area (Å²) in [6.07, 6.45) is 3.29. The van der Waals surface area contributed by atoms with Crippen LogP contribution in [0.2, 0.25) is 5.02 Å². The Balaban J connectivity index is 1.95. The highest BCUT2D eigenvalue weighted by atomic mass is 79.9. The second-order valence-electron chi connectivity index (χ2n) is 5.12. The molecule has 0 aliphatic carbocycles. The molecule has 0 amide bonds. The minimum absolute atomic E-state index is 0.200. The van der Waals surface area contributed by atoms with Crippen LogP contribution >= 0.6 is 27.5 Å². The van der Waals surface area contributed by atoms with Crippen molar-refractivity contribution >= 4 is 45.5 Å². The van der Waals surface area contributed by atoms with E-state index in [2.05, 4.69) is 27.5 Å². The molecule has 0 aromatic heterocycles. The number of carbonyl (C=O) groups is 1. The van der Waals surface area contributed by atoms with E-state index >= 15 is 0 Å². The molecule has 0 atom stereocenters. The zero-order valence-electron chi connectivity index (χ0n) is 13.0. The molecule has 0 saturated heterocycles. The number of rotatable bonds is 5. The number of cyclic esters (lactones) is 1. The van der Waals surface area contributed by atoms with Crippen LogP contribution in [0.3, 0.4) is 0 Å². The highest BCUT2D eigenvalue weighted by Crippen LogP contribution is 2.28. The number of hydrogen-bond acceptors (Lipinski definition) is 4. The van der Waals surface area contributed by atoms with Gasteiger partial charge in [0.15, 0.2) is 5.70 Å². The summed E-state index contributed by atoms with van der Waals surface area (Å²) < 4.78 is 11.7. The summed E-state index contributed by atoms with van der Waals surface area (Å²) in [6.45, 7) is 4.00. The van der Waals surface area contributed by atoms with Crippen molar-refractivity contribution in [3.05, 3.63) is 81.4 Å². The molecule has 25 heavy (non-hydrogen) atoms.